The van der Waals surface area contributed by atoms with E-state index in [2.05, 4.69) is 4.98 Å². The van der Waals surface area contributed by atoms with Crippen molar-refractivity contribution >= 4 is 16.6 Å². The molecular weight excluding hydrogens is 324 g/mol. The van der Waals surface area contributed by atoms with Crippen LogP contribution in [0.1, 0.15) is 6.92 Å². The van der Waals surface area contributed by atoms with Crippen molar-refractivity contribution in [2.24, 2.45) is 0 Å². The zero-order valence-corrected chi connectivity index (χ0v) is 13.5. The van der Waals surface area contributed by atoms with E-state index in [-0.39, 0.29) is 12.3 Å². The van der Waals surface area contributed by atoms with Gasteiger partial charge in [-0.1, -0.05) is 0 Å². The van der Waals surface area contributed by atoms with Crippen molar-refractivity contribution in [2.75, 3.05) is 6.61 Å². The third-order valence-corrected chi connectivity index (χ3v) is 3.44. The lowest BCUT2D eigenvalue weighted by atomic mass is 10.2. The zero-order valence-electron chi connectivity index (χ0n) is 13.5. The van der Waals surface area contributed by atoms with Crippen molar-refractivity contribution < 1.29 is 19.5 Å². The number of rotatable bonds is 6. The van der Waals surface area contributed by atoms with Crippen LogP contribution in [0.2, 0.25) is 0 Å². The van der Waals surface area contributed by atoms with Gasteiger partial charge in [0.2, 0.25) is 0 Å². The highest BCUT2D eigenvalue weighted by Crippen LogP contribution is 2.31. The molecule has 0 spiro atoms. The Hall–Kier alpha value is -3.19. The highest BCUT2D eigenvalue weighted by atomic mass is 16.6. The molecule has 7 nitrogen and oxygen atoms in total. The molecule has 0 saturated carbocycles. The Morgan fingerprint density at radius 1 is 1.16 bits per heavy atom. The lowest BCUT2D eigenvalue weighted by Gasteiger charge is -2.11. The molecule has 1 N–H and O–H groups in total. The summed E-state index contributed by atoms with van der Waals surface area (Å²) in [6.45, 7) is 1.85. The van der Waals surface area contributed by atoms with Gasteiger partial charge in [-0.15, -0.1) is 0 Å². The Labute approximate surface area is 143 Å². The van der Waals surface area contributed by atoms with Crippen molar-refractivity contribution in [2.45, 2.75) is 13.0 Å². The van der Waals surface area contributed by atoms with Crippen LogP contribution < -0.4 is 9.47 Å². The molecule has 0 radical (unpaired) electrons. The van der Waals surface area contributed by atoms with Crippen LogP contribution in [0.3, 0.4) is 0 Å². The molecule has 3 rings (SSSR count). The van der Waals surface area contributed by atoms with Gasteiger partial charge in [0.15, 0.2) is 0 Å². The standard InChI is InChI=1S/C18H16N2O5/c1-12(21)11-24-15-6-7-16-17(10-15)19-9-8-18(16)25-14-4-2-13(3-5-14)20(22)23/h2-10,12,21H,11H2,1H3/t12-/m1/s1. The second kappa shape index (κ2) is 7.14. The van der Waals surface area contributed by atoms with Gasteiger partial charge in [-0.3, -0.25) is 15.1 Å². The first-order valence-electron chi connectivity index (χ1n) is 7.65. The van der Waals surface area contributed by atoms with E-state index in [1.54, 1.807) is 43.5 Å². The largest absolute Gasteiger partial charge is 0.491 e. The van der Waals surface area contributed by atoms with Gasteiger partial charge in [0.25, 0.3) is 5.69 Å². The minimum atomic E-state index is -0.555. The molecule has 2 aromatic carbocycles. The molecule has 0 aliphatic carbocycles. The van der Waals surface area contributed by atoms with E-state index in [9.17, 15) is 15.2 Å². The third-order valence-electron chi connectivity index (χ3n) is 3.44. The van der Waals surface area contributed by atoms with Crippen LogP contribution in [0.5, 0.6) is 17.2 Å². The number of aromatic nitrogens is 1. The molecule has 1 atom stereocenters. The van der Waals surface area contributed by atoms with Gasteiger partial charge in [0.1, 0.15) is 23.9 Å². The van der Waals surface area contributed by atoms with Crippen LogP contribution in [-0.4, -0.2) is 27.7 Å². The Morgan fingerprint density at radius 2 is 1.88 bits per heavy atom. The Balaban J connectivity index is 1.85. The minimum absolute atomic E-state index is 0.00633. The summed E-state index contributed by atoms with van der Waals surface area (Å²) in [7, 11) is 0. The average Bonchev–Trinajstić information content (AvgIpc) is 2.60. The number of ether oxygens (including phenoxy) is 2. The normalized spacial score (nSPS) is 11.9. The van der Waals surface area contributed by atoms with Crippen LogP contribution in [0.4, 0.5) is 5.69 Å². The van der Waals surface area contributed by atoms with E-state index in [4.69, 9.17) is 9.47 Å². The predicted molar refractivity (Wildman–Crippen MR) is 92.1 cm³/mol. The van der Waals surface area contributed by atoms with Crippen molar-refractivity contribution in [1.29, 1.82) is 0 Å². The number of aliphatic hydroxyl groups is 1. The van der Waals surface area contributed by atoms with Gasteiger partial charge in [-0.25, -0.2) is 0 Å². The highest BCUT2D eigenvalue weighted by Gasteiger charge is 2.09. The molecular formula is C18H16N2O5. The molecule has 0 aliphatic heterocycles. The number of nitro benzene ring substituents is 1. The van der Waals surface area contributed by atoms with Gasteiger partial charge in [-0.05, 0) is 37.3 Å². The van der Waals surface area contributed by atoms with Crippen LogP contribution in [-0.2, 0) is 0 Å². The number of pyridine rings is 1. The molecule has 0 saturated heterocycles. The summed E-state index contributed by atoms with van der Waals surface area (Å²) in [5.41, 5.74) is 0.689. The monoisotopic (exact) mass is 340 g/mol. The number of hydrogen-bond acceptors (Lipinski definition) is 6. The van der Waals surface area contributed by atoms with Gasteiger partial charge in [0, 0.05) is 29.8 Å². The summed E-state index contributed by atoms with van der Waals surface area (Å²) in [5, 5.41) is 20.8. The molecule has 128 valence electrons. The molecule has 3 aromatic rings. The topological polar surface area (TPSA) is 94.7 Å². The number of nitrogens with zero attached hydrogens (tertiary/aromatic N) is 2. The second-order valence-electron chi connectivity index (χ2n) is 5.50. The van der Waals surface area contributed by atoms with E-state index >= 15 is 0 Å². The number of fused-ring (bicyclic) bond motifs is 1. The van der Waals surface area contributed by atoms with Crippen LogP contribution >= 0.6 is 0 Å². The summed E-state index contributed by atoms with van der Waals surface area (Å²) in [6.07, 6.45) is 1.06. The summed E-state index contributed by atoms with van der Waals surface area (Å²) in [6, 6.07) is 13.0. The first kappa shape index (κ1) is 16.7. The SMILES string of the molecule is C[C@@H](O)COc1ccc2c(Oc3ccc([N+](=O)[O-])cc3)ccnc2c1. The molecule has 0 fully saturated rings. The van der Waals surface area contributed by atoms with E-state index in [1.807, 2.05) is 6.07 Å². The number of aliphatic hydroxyl groups excluding tert-OH is 1. The molecule has 1 aromatic heterocycles. The fourth-order valence-corrected chi connectivity index (χ4v) is 2.26. The fraction of sp³-hybridized carbons (Fsp3) is 0.167. The molecule has 0 unspecified atom stereocenters. The highest BCUT2D eigenvalue weighted by molar-refractivity contribution is 5.86. The third kappa shape index (κ3) is 4.02. The second-order valence-corrected chi connectivity index (χ2v) is 5.50. The van der Waals surface area contributed by atoms with Crippen LogP contribution in [0.25, 0.3) is 10.9 Å². The first-order chi connectivity index (χ1) is 12.0. The van der Waals surface area contributed by atoms with Gasteiger partial charge in [-0.2, -0.15) is 0 Å². The Morgan fingerprint density at radius 3 is 2.56 bits per heavy atom. The Bertz CT molecular complexity index is 894. The molecule has 7 heteroatoms. The van der Waals surface area contributed by atoms with E-state index < -0.39 is 11.0 Å². The van der Waals surface area contributed by atoms with Crippen molar-refractivity contribution in [3.63, 3.8) is 0 Å². The van der Waals surface area contributed by atoms with Crippen molar-refractivity contribution in [3.05, 3.63) is 64.8 Å². The lowest BCUT2D eigenvalue weighted by Crippen LogP contribution is -2.12. The number of hydrogen-bond donors (Lipinski definition) is 1. The molecule has 0 bridgehead atoms. The summed E-state index contributed by atoms with van der Waals surface area (Å²) in [4.78, 5) is 14.5. The van der Waals surface area contributed by atoms with E-state index in [0.717, 1.165) is 5.39 Å². The number of nitro groups is 1. The smallest absolute Gasteiger partial charge is 0.269 e. The van der Waals surface area contributed by atoms with Crippen molar-refractivity contribution in [1.82, 2.24) is 4.98 Å². The molecule has 0 aliphatic rings. The molecule has 1 heterocycles. The lowest BCUT2D eigenvalue weighted by molar-refractivity contribution is -0.384. The van der Waals surface area contributed by atoms with Gasteiger partial charge < -0.3 is 14.6 Å². The Kier molecular flexibility index (Phi) is 4.76. The van der Waals surface area contributed by atoms with Crippen molar-refractivity contribution in [3.8, 4) is 17.2 Å². The van der Waals surface area contributed by atoms with Crippen LogP contribution in [0.15, 0.2) is 54.7 Å². The van der Waals surface area contributed by atoms with Crippen LogP contribution in [0, 0.1) is 10.1 Å². The summed E-state index contributed by atoms with van der Waals surface area (Å²) in [5.74, 6) is 1.68. The fourth-order valence-electron chi connectivity index (χ4n) is 2.26. The average molecular weight is 340 g/mol. The maximum absolute atomic E-state index is 10.7. The number of benzene rings is 2. The quantitative estimate of drug-likeness (QED) is 0.543. The molecule has 0 amide bonds. The maximum Gasteiger partial charge on any atom is 0.269 e. The first-order valence-corrected chi connectivity index (χ1v) is 7.65. The zero-order chi connectivity index (χ0) is 17.8. The number of non-ortho nitro benzene ring substituents is 1. The minimum Gasteiger partial charge on any atom is -0.491 e. The predicted octanol–water partition coefficient (Wildman–Crippen LogP) is 3.69. The molecule has 25 heavy (non-hydrogen) atoms. The van der Waals surface area contributed by atoms with E-state index in [1.165, 1.54) is 12.1 Å². The summed E-state index contributed by atoms with van der Waals surface area (Å²) >= 11 is 0. The van der Waals surface area contributed by atoms with Gasteiger partial charge in [0.05, 0.1) is 16.5 Å². The maximum atomic E-state index is 10.7. The van der Waals surface area contributed by atoms with E-state index in [0.29, 0.717) is 22.8 Å². The summed E-state index contributed by atoms with van der Waals surface area (Å²) < 4.78 is 11.3. The van der Waals surface area contributed by atoms with Gasteiger partial charge >= 0.3 is 0 Å².